The van der Waals surface area contributed by atoms with Gasteiger partial charge in [-0.15, -0.1) is 0 Å². The summed E-state index contributed by atoms with van der Waals surface area (Å²) in [4.78, 5) is 0. The van der Waals surface area contributed by atoms with Crippen LogP contribution in [0.3, 0.4) is 0 Å². The Balaban J connectivity index is 1.25. The molecule has 4 aromatic carbocycles. The maximum absolute atomic E-state index is 2.61. The summed E-state index contributed by atoms with van der Waals surface area (Å²) in [6.07, 6.45) is 12.6. The van der Waals surface area contributed by atoms with E-state index in [1.807, 2.05) is 0 Å². The Kier molecular flexibility index (Phi) is 6.94. The number of benzene rings is 4. The van der Waals surface area contributed by atoms with E-state index in [1.165, 1.54) is 80.6 Å². The minimum absolute atomic E-state index is 0.190. The SMILES string of the molecule is C[Si](C)(C)c1ccc(-c2cccc3c2C=C(C2(C4=Cc5c(cccc5-c5ccc([Si](C)(C)C)cc5)C4)CCCC2)C3)cc1. The molecule has 0 aromatic heterocycles. The van der Waals surface area contributed by atoms with E-state index in [0.29, 0.717) is 0 Å². The third-order valence-corrected chi connectivity index (χ3v) is 14.7. The van der Waals surface area contributed by atoms with Crippen molar-refractivity contribution in [2.24, 2.45) is 5.41 Å². The van der Waals surface area contributed by atoms with E-state index < -0.39 is 16.1 Å². The molecule has 0 bridgehead atoms. The van der Waals surface area contributed by atoms with Gasteiger partial charge < -0.3 is 0 Å². The van der Waals surface area contributed by atoms with Crippen LogP contribution in [0.4, 0.5) is 0 Å². The van der Waals surface area contributed by atoms with Gasteiger partial charge in [-0.05, 0) is 70.2 Å². The highest BCUT2D eigenvalue weighted by atomic mass is 28.3. The molecule has 0 unspecified atom stereocenters. The summed E-state index contributed by atoms with van der Waals surface area (Å²) in [5, 5.41) is 3.06. The smallest absolute Gasteiger partial charge is 0.0656 e. The minimum Gasteiger partial charge on any atom is -0.0656 e. The van der Waals surface area contributed by atoms with Crippen LogP contribution >= 0.6 is 0 Å². The van der Waals surface area contributed by atoms with Crippen LogP contribution in [0.5, 0.6) is 0 Å². The van der Waals surface area contributed by atoms with Gasteiger partial charge in [-0.2, -0.15) is 0 Å². The molecular formula is C41H46Si2. The molecule has 2 heteroatoms. The van der Waals surface area contributed by atoms with Crippen LogP contribution in [0.1, 0.15) is 47.9 Å². The Labute approximate surface area is 261 Å². The molecule has 0 amide bonds. The molecule has 0 aliphatic heterocycles. The van der Waals surface area contributed by atoms with Crippen molar-refractivity contribution in [2.45, 2.75) is 77.8 Å². The van der Waals surface area contributed by atoms with Gasteiger partial charge in [0.15, 0.2) is 0 Å². The summed E-state index contributed by atoms with van der Waals surface area (Å²) < 4.78 is 0. The predicted molar refractivity (Wildman–Crippen MR) is 194 cm³/mol. The van der Waals surface area contributed by atoms with E-state index in [2.05, 4.69) is 136 Å². The zero-order valence-corrected chi connectivity index (χ0v) is 29.0. The lowest BCUT2D eigenvalue weighted by molar-refractivity contribution is 0.437. The summed E-state index contributed by atoms with van der Waals surface area (Å²) in [6.45, 7) is 14.6. The molecule has 1 fully saturated rings. The standard InChI is InChI=1S/C41H46Si2/c1-42(2,3)35-19-15-29(16-20-35)37-13-9-11-31-25-33(27-39(31)37)41(23-7-8-24-41)34-26-32-12-10-14-38(40(32)28-34)30-17-21-36(22-18-30)43(4,5)6/h9-22,27-28H,7-8,23-26H2,1-6H3. The summed E-state index contributed by atoms with van der Waals surface area (Å²) >= 11 is 0. The molecule has 0 heterocycles. The van der Waals surface area contributed by atoms with Gasteiger partial charge in [0.25, 0.3) is 0 Å². The van der Waals surface area contributed by atoms with Gasteiger partial charge in [0, 0.05) is 5.41 Å². The largest absolute Gasteiger partial charge is 0.0775 e. The molecule has 0 spiro atoms. The second-order valence-electron chi connectivity index (χ2n) is 15.4. The molecule has 3 aliphatic rings. The molecule has 0 atom stereocenters. The summed E-state index contributed by atoms with van der Waals surface area (Å²) in [5.74, 6) is 0. The Hall–Kier alpha value is -3.21. The lowest BCUT2D eigenvalue weighted by Gasteiger charge is -2.33. The van der Waals surface area contributed by atoms with Crippen LogP contribution in [0, 0.1) is 5.41 Å². The van der Waals surface area contributed by atoms with Crippen molar-refractivity contribution < 1.29 is 0 Å². The van der Waals surface area contributed by atoms with Gasteiger partial charge in [-0.3, -0.25) is 0 Å². The fraction of sp³-hybridized carbons (Fsp3) is 0.317. The maximum atomic E-state index is 2.61. The molecule has 43 heavy (non-hydrogen) atoms. The summed E-state index contributed by atoms with van der Waals surface area (Å²) in [7, 11) is -2.62. The third-order valence-electron chi connectivity index (χ3n) is 10.6. The lowest BCUT2D eigenvalue weighted by atomic mass is 9.71. The van der Waals surface area contributed by atoms with Crippen LogP contribution in [0.2, 0.25) is 39.3 Å². The summed E-state index contributed by atoms with van der Waals surface area (Å²) in [6, 6.07) is 33.0. The summed E-state index contributed by atoms with van der Waals surface area (Å²) in [5.41, 5.74) is 15.0. The van der Waals surface area contributed by atoms with Gasteiger partial charge in [-0.25, -0.2) is 0 Å². The Morgan fingerprint density at radius 1 is 0.488 bits per heavy atom. The third kappa shape index (κ3) is 5.07. The van der Waals surface area contributed by atoms with Crippen LogP contribution in [0.15, 0.2) is 96.1 Å². The van der Waals surface area contributed by atoms with Crippen LogP contribution in [0.25, 0.3) is 34.4 Å². The number of allylic oxidation sites excluding steroid dienone is 2. The van der Waals surface area contributed by atoms with E-state index >= 15 is 0 Å². The molecule has 0 saturated heterocycles. The molecule has 218 valence electrons. The van der Waals surface area contributed by atoms with Crippen LogP contribution in [-0.2, 0) is 12.8 Å². The zero-order valence-electron chi connectivity index (χ0n) is 27.0. The Morgan fingerprint density at radius 3 is 1.26 bits per heavy atom. The van der Waals surface area contributed by atoms with Crippen molar-refractivity contribution in [2.75, 3.05) is 0 Å². The molecule has 3 aliphatic carbocycles. The van der Waals surface area contributed by atoms with E-state index in [4.69, 9.17) is 0 Å². The molecule has 4 aromatic rings. The van der Waals surface area contributed by atoms with Crippen molar-refractivity contribution >= 4 is 38.7 Å². The van der Waals surface area contributed by atoms with Gasteiger partial charge in [-0.1, -0.05) is 171 Å². The van der Waals surface area contributed by atoms with Crippen LogP contribution < -0.4 is 10.4 Å². The van der Waals surface area contributed by atoms with E-state index in [9.17, 15) is 0 Å². The quantitative estimate of drug-likeness (QED) is 0.195. The lowest BCUT2D eigenvalue weighted by Crippen LogP contribution is -2.37. The van der Waals surface area contributed by atoms with E-state index in [1.54, 1.807) is 11.1 Å². The Bertz CT molecular complexity index is 1620. The van der Waals surface area contributed by atoms with Crippen molar-refractivity contribution in [3.63, 3.8) is 0 Å². The number of hydrogen-bond acceptors (Lipinski definition) is 0. The second kappa shape index (κ2) is 10.5. The molecule has 0 nitrogen and oxygen atoms in total. The first kappa shape index (κ1) is 28.6. The first-order valence-corrected chi connectivity index (χ1v) is 23.4. The Morgan fingerprint density at radius 2 is 0.884 bits per heavy atom. The van der Waals surface area contributed by atoms with Gasteiger partial charge >= 0.3 is 0 Å². The minimum atomic E-state index is -1.31. The average molecular weight is 595 g/mol. The van der Waals surface area contributed by atoms with Crippen molar-refractivity contribution in [3.05, 3.63) is 118 Å². The van der Waals surface area contributed by atoms with Gasteiger partial charge in [0.1, 0.15) is 0 Å². The number of rotatable bonds is 6. The normalized spacial score (nSPS) is 17.4. The second-order valence-corrected chi connectivity index (χ2v) is 25.5. The molecule has 0 radical (unpaired) electrons. The molecule has 0 N–H and O–H groups in total. The highest BCUT2D eigenvalue weighted by molar-refractivity contribution is 6.89. The van der Waals surface area contributed by atoms with E-state index in [-0.39, 0.29) is 5.41 Å². The first-order valence-electron chi connectivity index (χ1n) is 16.4. The topological polar surface area (TPSA) is 0 Å². The van der Waals surface area contributed by atoms with Crippen molar-refractivity contribution in [1.29, 1.82) is 0 Å². The van der Waals surface area contributed by atoms with Gasteiger partial charge in [0.05, 0.1) is 16.1 Å². The molecule has 7 rings (SSSR count). The number of fused-ring (bicyclic) bond motifs is 2. The van der Waals surface area contributed by atoms with Crippen molar-refractivity contribution in [3.8, 4) is 22.3 Å². The fourth-order valence-electron chi connectivity index (χ4n) is 7.98. The predicted octanol–water partition coefficient (Wildman–Crippen LogP) is 10.3. The molecular weight excluding hydrogens is 549 g/mol. The number of hydrogen-bond donors (Lipinski definition) is 0. The van der Waals surface area contributed by atoms with E-state index in [0.717, 1.165) is 12.8 Å². The highest BCUT2D eigenvalue weighted by Gasteiger charge is 2.43. The first-order chi connectivity index (χ1) is 20.5. The van der Waals surface area contributed by atoms with Gasteiger partial charge in [0.2, 0.25) is 0 Å². The maximum Gasteiger partial charge on any atom is 0.0775 e. The highest BCUT2D eigenvalue weighted by Crippen LogP contribution is 2.56. The molecule has 1 saturated carbocycles. The average Bonchev–Trinajstić information content (AvgIpc) is 3.74. The fourth-order valence-corrected chi connectivity index (χ4v) is 10.3. The van der Waals surface area contributed by atoms with Crippen molar-refractivity contribution in [1.82, 2.24) is 0 Å². The zero-order chi connectivity index (χ0) is 30.0. The van der Waals surface area contributed by atoms with Crippen LogP contribution in [-0.4, -0.2) is 16.1 Å². The monoisotopic (exact) mass is 594 g/mol.